The molecule has 0 aromatic heterocycles. The van der Waals surface area contributed by atoms with E-state index in [9.17, 15) is 0 Å². The molecular weight excluding hydrogens is 158 g/mol. The van der Waals surface area contributed by atoms with Crippen molar-refractivity contribution >= 4 is 11.6 Å². The molecule has 64 valence electrons. The number of nitrogens with zero attached hydrogens (tertiary/aromatic N) is 1. The van der Waals surface area contributed by atoms with Gasteiger partial charge in [-0.3, -0.25) is 0 Å². The van der Waals surface area contributed by atoms with Crippen LogP contribution in [0.5, 0.6) is 0 Å². The Morgan fingerprint density at radius 1 is 1.36 bits per heavy atom. The predicted octanol–water partition coefficient (Wildman–Crippen LogP) is 2.96. The Labute approximate surface area is 74.0 Å². The first-order chi connectivity index (χ1) is 5.33. The second kappa shape index (κ2) is 4.66. The van der Waals surface area contributed by atoms with Crippen LogP contribution in [-0.4, -0.2) is 18.0 Å². The molecule has 0 bridgehead atoms. The highest BCUT2D eigenvalue weighted by atomic mass is 35.5. The minimum Gasteiger partial charge on any atom is -0.376 e. The molecule has 1 aliphatic heterocycles. The third kappa shape index (κ3) is 3.15. The lowest BCUT2D eigenvalue weighted by Crippen LogP contribution is -2.24. The second-order valence-corrected chi connectivity index (χ2v) is 3.51. The fraction of sp³-hybridized carbons (Fsp3) is 0.778. The lowest BCUT2D eigenvalue weighted by molar-refractivity contribution is 0.308. The topological polar surface area (TPSA) is 3.24 Å². The first-order valence-corrected chi connectivity index (χ1v) is 4.81. The molecule has 1 fully saturated rings. The molecule has 1 nitrogen and oxygen atoms in total. The van der Waals surface area contributed by atoms with E-state index in [0.29, 0.717) is 0 Å². The van der Waals surface area contributed by atoms with Gasteiger partial charge in [-0.05, 0) is 25.7 Å². The van der Waals surface area contributed by atoms with E-state index in [1.807, 2.05) is 0 Å². The number of piperidine rings is 1. The molecule has 0 aromatic rings. The van der Waals surface area contributed by atoms with Crippen LogP contribution >= 0.6 is 11.6 Å². The summed E-state index contributed by atoms with van der Waals surface area (Å²) in [6.07, 6.45) is 7.08. The van der Waals surface area contributed by atoms with Crippen LogP contribution in [0.15, 0.2) is 11.2 Å². The molecule has 1 heterocycles. The number of hydrogen-bond acceptors (Lipinski definition) is 1. The van der Waals surface area contributed by atoms with E-state index in [1.165, 1.54) is 32.4 Å². The first kappa shape index (κ1) is 8.92. The third-order valence-electron chi connectivity index (χ3n) is 2.05. The molecule has 1 aliphatic rings. The quantitative estimate of drug-likeness (QED) is 0.621. The molecule has 0 aromatic carbocycles. The molecule has 1 rings (SSSR count). The lowest BCUT2D eigenvalue weighted by atomic mass is 10.1. The number of allylic oxidation sites excluding steroid dienone is 1. The molecule has 2 heteroatoms. The molecular formula is C9H16ClN. The van der Waals surface area contributed by atoms with Gasteiger partial charge >= 0.3 is 0 Å². The number of hydrogen-bond donors (Lipinski definition) is 0. The van der Waals surface area contributed by atoms with Gasteiger partial charge in [0.05, 0.1) is 0 Å². The highest BCUT2D eigenvalue weighted by Crippen LogP contribution is 2.13. The van der Waals surface area contributed by atoms with Gasteiger partial charge in [-0.2, -0.15) is 0 Å². The van der Waals surface area contributed by atoms with Gasteiger partial charge in [0.15, 0.2) is 0 Å². The van der Waals surface area contributed by atoms with Gasteiger partial charge < -0.3 is 4.90 Å². The zero-order valence-corrected chi connectivity index (χ0v) is 7.90. The van der Waals surface area contributed by atoms with E-state index in [0.717, 1.165) is 11.5 Å². The summed E-state index contributed by atoms with van der Waals surface area (Å²) in [4.78, 5) is 2.33. The molecule has 11 heavy (non-hydrogen) atoms. The van der Waals surface area contributed by atoms with Crippen molar-refractivity contribution in [1.29, 1.82) is 0 Å². The largest absolute Gasteiger partial charge is 0.376 e. The van der Waals surface area contributed by atoms with Crippen molar-refractivity contribution in [3.63, 3.8) is 0 Å². The van der Waals surface area contributed by atoms with E-state index in [-0.39, 0.29) is 0 Å². The van der Waals surface area contributed by atoms with E-state index >= 15 is 0 Å². The molecule has 1 saturated heterocycles. The Morgan fingerprint density at radius 3 is 2.55 bits per heavy atom. The fourth-order valence-electron chi connectivity index (χ4n) is 1.34. The van der Waals surface area contributed by atoms with Gasteiger partial charge in [-0.1, -0.05) is 18.5 Å². The molecule has 0 unspecified atom stereocenters. The van der Waals surface area contributed by atoms with Crippen molar-refractivity contribution in [1.82, 2.24) is 4.90 Å². The van der Waals surface area contributed by atoms with Crippen LogP contribution in [0.1, 0.15) is 32.6 Å². The van der Waals surface area contributed by atoms with Crippen molar-refractivity contribution < 1.29 is 0 Å². The van der Waals surface area contributed by atoms with E-state index in [2.05, 4.69) is 18.0 Å². The van der Waals surface area contributed by atoms with E-state index in [4.69, 9.17) is 11.6 Å². The highest BCUT2D eigenvalue weighted by Gasteiger charge is 2.05. The van der Waals surface area contributed by atoms with E-state index in [1.54, 1.807) is 0 Å². The fourth-order valence-corrected chi connectivity index (χ4v) is 1.47. The normalized spacial score (nSPS) is 20.5. The van der Waals surface area contributed by atoms with Crippen molar-refractivity contribution in [3.05, 3.63) is 11.2 Å². The van der Waals surface area contributed by atoms with Gasteiger partial charge in [-0.25, -0.2) is 0 Å². The number of likely N-dealkylation sites (tertiary alicyclic amines) is 1. The average Bonchev–Trinajstić information content (AvgIpc) is 2.06. The van der Waals surface area contributed by atoms with Crippen molar-refractivity contribution in [2.75, 3.05) is 13.1 Å². The van der Waals surface area contributed by atoms with Crippen molar-refractivity contribution in [3.8, 4) is 0 Å². The molecule has 0 radical (unpaired) electrons. The molecule has 0 saturated carbocycles. The van der Waals surface area contributed by atoms with Crippen LogP contribution in [0.4, 0.5) is 0 Å². The molecule has 0 N–H and O–H groups in total. The third-order valence-corrected chi connectivity index (χ3v) is 2.42. The van der Waals surface area contributed by atoms with Crippen LogP contribution in [0, 0.1) is 0 Å². The van der Waals surface area contributed by atoms with Crippen LogP contribution in [0.25, 0.3) is 0 Å². The summed E-state index contributed by atoms with van der Waals surface area (Å²) < 4.78 is 0. The van der Waals surface area contributed by atoms with Gasteiger partial charge in [0, 0.05) is 24.3 Å². The maximum atomic E-state index is 5.92. The van der Waals surface area contributed by atoms with Gasteiger partial charge in [0.1, 0.15) is 0 Å². The predicted molar refractivity (Wildman–Crippen MR) is 49.7 cm³/mol. The van der Waals surface area contributed by atoms with Gasteiger partial charge in [0.25, 0.3) is 0 Å². The summed E-state index contributed by atoms with van der Waals surface area (Å²) in [5.74, 6) is 0. The monoisotopic (exact) mass is 173 g/mol. The summed E-state index contributed by atoms with van der Waals surface area (Å²) in [6.45, 7) is 4.47. The Balaban J connectivity index is 2.34. The number of rotatable bonds is 2. The number of halogens is 1. The highest BCUT2D eigenvalue weighted by molar-refractivity contribution is 6.29. The zero-order valence-electron chi connectivity index (χ0n) is 7.15. The average molecular weight is 174 g/mol. The molecule has 0 atom stereocenters. The Kier molecular flexibility index (Phi) is 3.78. The Hall–Kier alpha value is -0.170. The minimum atomic E-state index is 0.956. The van der Waals surface area contributed by atoms with Crippen LogP contribution in [0.3, 0.4) is 0 Å². The smallest absolute Gasteiger partial charge is 0.0336 e. The lowest BCUT2D eigenvalue weighted by Gasteiger charge is -2.25. The zero-order chi connectivity index (χ0) is 8.10. The second-order valence-electron chi connectivity index (χ2n) is 3.03. The summed E-state index contributed by atoms with van der Waals surface area (Å²) in [6, 6.07) is 0. The first-order valence-electron chi connectivity index (χ1n) is 4.43. The SMILES string of the molecule is CC/C(Cl)=C\N1CCCCC1. The molecule has 0 aliphatic carbocycles. The van der Waals surface area contributed by atoms with Crippen LogP contribution in [-0.2, 0) is 0 Å². The van der Waals surface area contributed by atoms with E-state index < -0.39 is 0 Å². The standard InChI is InChI=1S/C9H16ClN/c1-2-9(10)8-11-6-4-3-5-7-11/h8H,2-7H2,1H3/b9-8+. The summed E-state index contributed by atoms with van der Waals surface area (Å²) in [5, 5.41) is 0.979. The molecule has 0 amide bonds. The summed E-state index contributed by atoms with van der Waals surface area (Å²) in [5.41, 5.74) is 0. The summed E-state index contributed by atoms with van der Waals surface area (Å²) >= 11 is 5.92. The van der Waals surface area contributed by atoms with Crippen molar-refractivity contribution in [2.24, 2.45) is 0 Å². The minimum absolute atomic E-state index is 0.956. The van der Waals surface area contributed by atoms with Crippen LogP contribution in [0.2, 0.25) is 0 Å². The molecule has 0 spiro atoms. The van der Waals surface area contributed by atoms with Crippen LogP contribution < -0.4 is 0 Å². The maximum absolute atomic E-state index is 5.92. The van der Waals surface area contributed by atoms with Crippen molar-refractivity contribution in [2.45, 2.75) is 32.6 Å². The maximum Gasteiger partial charge on any atom is 0.0336 e. The van der Waals surface area contributed by atoms with Gasteiger partial charge in [0.2, 0.25) is 0 Å². The Bertz CT molecular complexity index is 136. The Morgan fingerprint density at radius 2 is 2.00 bits per heavy atom. The summed E-state index contributed by atoms with van der Waals surface area (Å²) in [7, 11) is 0. The van der Waals surface area contributed by atoms with Gasteiger partial charge in [-0.15, -0.1) is 0 Å².